The zero-order valence-electron chi connectivity index (χ0n) is 18.3. The molecule has 1 aliphatic carbocycles. The van der Waals surface area contributed by atoms with Gasteiger partial charge in [0, 0.05) is 44.1 Å². The van der Waals surface area contributed by atoms with Gasteiger partial charge >= 0.3 is 0 Å². The quantitative estimate of drug-likeness (QED) is 0.352. The lowest BCUT2D eigenvalue weighted by molar-refractivity contribution is -0.140. The average Bonchev–Trinajstić information content (AvgIpc) is 3.58. The van der Waals surface area contributed by atoms with Crippen molar-refractivity contribution in [2.45, 2.75) is 38.0 Å². The van der Waals surface area contributed by atoms with Gasteiger partial charge in [0.05, 0.1) is 19.8 Å². The first-order valence-electron chi connectivity index (χ1n) is 11.3. The molecule has 0 atom stereocenters. The molecule has 31 heavy (non-hydrogen) atoms. The van der Waals surface area contributed by atoms with Crippen LogP contribution in [0, 0.1) is 11.7 Å². The highest BCUT2D eigenvalue weighted by atomic mass is 127. The van der Waals surface area contributed by atoms with Gasteiger partial charge in [-0.15, -0.1) is 24.0 Å². The van der Waals surface area contributed by atoms with Crippen LogP contribution in [-0.2, 0) is 14.9 Å². The number of nitrogens with one attached hydrogen (secondary N) is 1. The number of hydrogen-bond donors (Lipinski definition) is 1. The number of morpholine rings is 1. The summed E-state index contributed by atoms with van der Waals surface area (Å²) in [6.45, 7) is 7.94. The molecular formula is C23H34FIN4O2. The smallest absolute Gasteiger partial charge is 0.225 e. The Labute approximate surface area is 201 Å². The first kappa shape index (κ1) is 24.2. The molecule has 0 unspecified atom stereocenters. The first-order valence-corrected chi connectivity index (χ1v) is 11.3. The molecule has 2 aliphatic heterocycles. The molecule has 0 aromatic heterocycles. The van der Waals surface area contributed by atoms with E-state index in [2.05, 4.69) is 17.1 Å². The van der Waals surface area contributed by atoms with E-state index >= 15 is 0 Å². The van der Waals surface area contributed by atoms with Crippen LogP contribution in [0.2, 0.25) is 0 Å². The van der Waals surface area contributed by atoms with Crippen LogP contribution in [0.25, 0.3) is 0 Å². The van der Waals surface area contributed by atoms with Crippen molar-refractivity contribution in [2.75, 3.05) is 52.5 Å². The molecule has 2 heterocycles. The lowest BCUT2D eigenvalue weighted by Gasteiger charge is -2.37. The lowest BCUT2D eigenvalue weighted by atomic mass is 9.95. The number of rotatable bonds is 5. The number of carbonyl (C=O) groups is 1. The number of piperidine rings is 1. The predicted molar refractivity (Wildman–Crippen MR) is 130 cm³/mol. The Morgan fingerprint density at radius 1 is 1.19 bits per heavy atom. The Morgan fingerprint density at radius 3 is 2.52 bits per heavy atom. The Kier molecular flexibility index (Phi) is 8.55. The van der Waals surface area contributed by atoms with Crippen molar-refractivity contribution in [3.8, 4) is 0 Å². The zero-order valence-corrected chi connectivity index (χ0v) is 20.6. The molecule has 0 radical (unpaired) electrons. The minimum atomic E-state index is -0.179. The van der Waals surface area contributed by atoms with Gasteiger partial charge in [0.25, 0.3) is 0 Å². The SMILES string of the molecule is CCNC(=NCC1(c2cccc(F)c2)CC1)N1CCC(C(=O)N2CCOCC2)CC1.I. The second kappa shape index (κ2) is 10.9. The van der Waals surface area contributed by atoms with Crippen LogP contribution < -0.4 is 5.32 Å². The molecule has 0 bridgehead atoms. The summed E-state index contributed by atoms with van der Waals surface area (Å²) < 4.78 is 19.0. The monoisotopic (exact) mass is 544 g/mol. The Balaban J connectivity index is 0.00000272. The van der Waals surface area contributed by atoms with Crippen LogP contribution >= 0.6 is 24.0 Å². The van der Waals surface area contributed by atoms with Crippen LogP contribution in [0.4, 0.5) is 4.39 Å². The highest BCUT2D eigenvalue weighted by molar-refractivity contribution is 14.0. The summed E-state index contributed by atoms with van der Waals surface area (Å²) in [5.41, 5.74) is 1.03. The van der Waals surface area contributed by atoms with Gasteiger partial charge in [0.2, 0.25) is 5.91 Å². The molecular weight excluding hydrogens is 510 g/mol. The lowest BCUT2D eigenvalue weighted by Crippen LogP contribution is -2.50. The van der Waals surface area contributed by atoms with Crippen molar-refractivity contribution < 1.29 is 13.9 Å². The van der Waals surface area contributed by atoms with Crippen molar-refractivity contribution in [1.82, 2.24) is 15.1 Å². The van der Waals surface area contributed by atoms with Gasteiger partial charge in [0.1, 0.15) is 5.82 Å². The molecule has 8 heteroatoms. The number of likely N-dealkylation sites (tertiary alicyclic amines) is 1. The van der Waals surface area contributed by atoms with E-state index in [9.17, 15) is 9.18 Å². The van der Waals surface area contributed by atoms with Crippen molar-refractivity contribution in [1.29, 1.82) is 0 Å². The van der Waals surface area contributed by atoms with Crippen LogP contribution in [0.5, 0.6) is 0 Å². The van der Waals surface area contributed by atoms with E-state index in [0.717, 1.165) is 56.8 Å². The largest absolute Gasteiger partial charge is 0.378 e. The molecule has 1 aromatic carbocycles. The number of guanidine groups is 1. The van der Waals surface area contributed by atoms with Gasteiger partial charge in [-0.25, -0.2) is 4.39 Å². The number of amides is 1. The molecule has 1 saturated carbocycles. The van der Waals surface area contributed by atoms with E-state index in [4.69, 9.17) is 9.73 Å². The van der Waals surface area contributed by atoms with Gasteiger partial charge < -0.3 is 19.9 Å². The van der Waals surface area contributed by atoms with Crippen LogP contribution in [0.3, 0.4) is 0 Å². The Hall–Kier alpha value is -1.42. The number of carbonyl (C=O) groups excluding carboxylic acids is 1. The second-order valence-electron chi connectivity index (χ2n) is 8.66. The van der Waals surface area contributed by atoms with Crippen LogP contribution in [0.15, 0.2) is 29.3 Å². The minimum absolute atomic E-state index is 0. The van der Waals surface area contributed by atoms with E-state index in [1.807, 2.05) is 11.0 Å². The third kappa shape index (κ3) is 5.88. The highest BCUT2D eigenvalue weighted by Gasteiger charge is 2.44. The summed E-state index contributed by atoms with van der Waals surface area (Å²) in [5.74, 6) is 1.12. The number of benzene rings is 1. The minimum Gasteiger partial charge on any atom is -0.378 e. The molecule has 1 amide bonds. The summed E-state index contributed by atoms with van der Waals surface area (Å²) in [6, 6.07) is 6.95. The summed E-state index contributed by atoms with van der Waals surface area (Å²) >= 11 is 0. The maximum absolute atomic E-state index is 13.7. The molecule has 6 nitrogen and oxygen atoms in total. The fourth-order valence-corrected chi connectivity index (χ4v) is 4.54. The van der Waals surface area contributed by atoms with Crippen molar-refractivity contribution in [2.24, 2.45) is 10.9 Å². The van der Waals surface area contributed by atoms with Gasteiger partial charge in [0.15, 0.2) is 5.96 Å². The van der Waals surface area contributed by atoms with E-state index in [0.29, 0.717) is 32.8 Å². The number of ether oxygens (including phenoxy) is 1. The van der Waals surface area contributed by atoms with Gasteiger partial charge in [-0.2, -0.15) is 0 Å². The normalized spacial score (nSPS) is 21.4. The summed E-state index contributed by atoms with van der Waals surface area (Å²) in [4.78, 5) is 21.9. The summed E-state index contributed by atoms with van der Waals surface area (Å²) in [7, 11) is 0. The molecule has 2 saturated heterocycles. The zero-order chi connectivity index (χ0) is 21.0. The second-order valence-corrected chi connectivity index (χ2v) is 8.66. The fourth-order valence-electron chi connectivity index (χ4n) is 4.54. The summed E-state index contributed by atoms with van der Waals surface area (Å²) in [6.07, 6.45) is 3.82. The Bertz CT molecular complexity index is 773. The Morgan fingerprint density at radius 2 is 1.90 bits per heavy atom. The van der Waals surface area contributed by atoms with Crippen molar-refractivity contribution >= 4 is 35.8 Å². The third-order valence-corrected chi connectivity index (χ3v) is 6.62. The van der Waals surface area contributed by atoms with Crippen molar-refractivity contribution in [3.05, 3.63) is 35.6 Å². The number of nitrogens with zero attached hydrogens (tertiary/aromatic N) is 3. The van der Waals surface area contributed by atoms with Gasteiger partial charge in [-0.1, -0.05) is 12.1 Å². The fraction of sp³-hybridized carbons (Fsp3) is 0.652. The first-order chi connectivity index (χ1) is 14.6. The maximum Gasteiger partial charge on any atom is 0.225 e. The molecule has 172 valence electrons. The highest BCUT2D eigenvalue weighted by Crippen LogP contribution is 2.48. The topological polar surface area (TPSA) is 57.2 Å². The maximum atomic E-state index is 13.7. The van der Waals surface area contributed by atoms with Crippen molar-refractivity contribution in [3.63, 3.8) is 0 Å². The average molecular weight is 544 g/mol. The molecule has 3 fully saturated rings. The van der Waals surface area contributed by atoms with E-state index in [1.54, 1.807) is 12.1 Å². The molecule has 4 rings (SSSR count). The van der Waals surface area contributed by atoms with E-state index in [-0.39, 0.29) is 47.0 Å². The molecule has 0 spiro atoms. The third-order valence-electron chi connectivity index (χ3n) is 6.62. The van der Waals surface area contributed by atoms with Gasteiger partial charge in [-0.05, 0) is 50.3 Å². The van der Waals surface area contributed by atoms with E-state index < -0.39 is 0 Å². The number of hydrogen-bond acceptors (Lipinski definition) is 3. The molecule has 3 aliphatic rings. The number of aliphatic imine (C=N–C) groups is 1. The van der Waals surface area contributed by atoms with Gasteiger partial charge in [-0.3, -0.25) is 9.79 Å². The predicted octanol–water partition coefficient (Wildman–Crippen LogP) is 3.01. The molecule has 1 N–H and O–H groups in total. The molecule has 1 aromatic rings. The number of halogens is 2. The van der Waals surface area contributed by atoms with Crippen LogP contribution in [0.1, 0.15) is 38.2 Å². The summed E-state index contributed by atoms with van der Waals surface area (Å²) in [5, 5.41) is 3.41. The standard InChI is InChI=1S/C23H33FN4O2.HI/c1-2-25-22(26-17-23(8-9-23)19-4-3-5-20(24)16-19)28-10-6-18(7-11-28)21(29)27-12-14-30-15-13-27;/h3-5,16,18H,2,6-15,17H2,1H3,(H,25,26);1H. The van der Waals surface area contributed by atoms with E-state index in [1.165, 1.54) is 6.07 Å². The van der Waals surface area contributed by atoms with Crippen LogP contribution in [-0.4, -0.2) is 74.1 Å².